The predicted octanol–water partition coefficient (Wildman–Crippen LogP) is 2.68. The summed E-state index contributed by atoms with van der Waals surface area (Å²) < 4.78 is 9.34. The number of aryl methyl sites for hydroxylation is 2. The van der Waals surface area contributed by atoms with Gasteiger partial charge in [0.25, 0.3) is 0 Å². The predicted molar refractivity (Wildman–Crippen MR) is 95.9 cm³/mol. The highest BCUT2D eigenvalue weighted by Gasteiger charge is 2.04. The van der Waals surface area contributed by atoms with E-state index in [9.17, 15) is 0 Å². The molecule has 7 nitrogen and oxygen atoms in total. The molecule has 7 heteroatoms. The molecule has 2 aromatic carbocycles. The molecule has 0 fully saturated rings. The first kappa shape index (κ1) is 16.0. The number of benzene rings is 2. The van der Waals surface area contributed by atoms with Gasteiger partial charge in [-0.2, -0.15) is 5.10 Å². The van der Waals surface area contributed by atoms with Crippen molar-refractivity contribution in [2.75, 3.05) is 0 Å². The first-order chi connectivity index (χ1) is 12.9. The standard InChI is InChI=1S/C19H18N6O/c1-2-4-16(5-3-1)13-26-19-8-6-18(7-9-19)25-12-17(22-23-25)10-11-24-15-20-14-21-24/h1-9,12,14-15H,10-11,13H2. The summed E-state index contributed by atoms with van der Waals surface area (Å²) in [7, 11) is 0. The molecular weight excluding hydrogens is 328 g/mol. The maximum Gasteiger partial charge on any atom is 0.137 e. The van der Waals surface area contributed by atoms with Gasteiger partial charge in [-0.05, 0) is 29.8 Å². The van der Waals surface area contributed by atoms with E-state index in [1.54, 1.807) is 15.7 Å². The average Bonchev–Trinajstić information content (AvgIpc) is 3.38. The van der Waals surface area contributed by atoms with E-state index in [0.717, 1.165) is 35.7 Å². The SMILES string of the molecule is c1ccc(COc2ccc(-n3cc(CCn4cncn4)nn3)cc2)cc1. The minimum absolute atomic E-state index is 0.552. The van der Waals surface area contributed by atoms with E-state index in [-0.39, 0.29) is 0 Å². The van der Waals surface area contributed by atoms with Crippen molar-refractivity contribution < 1.29 is 4.74 Å². The summed E-state index contributed by atoms with van der Waals surface area (Å²) in [6.45, 7) is 1.28. The van der Waals surface area contributed by atoms with Crippen molar-refractivity contribution in [1.82, 2.24) is 29.8 Å². The lowest BCUT2D eigenvalue weighted by atomic mass is 10.2. The minimum Gasteiger partial charge on any atom is -0.489 e. The number of aromatic nitrogens is 6. The maximum absolute atomic E-state index is 5.81. The van der Waals surface area contributed by atoms with Gasteiger partial charge in [-0.1, -0.05) is 35.5 Å². The Labute approximate surface area is 150 Å². The fourth-order valence-corrected chi connectivity index (χ4v) is 2.55. The first-order valence-corrected chi connectivity index (χ1v) is 8.38. The van der Waals surface area contributed by atoms with E-state index >= 15 is 0 Å². The van der Waals surface area contributed by atoms with Gasteiger partial charge in [0.1, 0.15) is 25.0 Å². The molecule has 130 valence electrons. The summed E-state index contributed by atoms with van der Waals surface area (Å²) in [5, 5.41) is 12.5. The summed E-state index contributed by atoms with van der Waals surface area (Å²) >= 11 is 0. The van der Waals surface area contributed by atoms with Crippen molar-refractivity contribution in [3.8, 4) is 11.4 Å². The van der Waals surface area contributed by atoms with E-state index in [4.69, 9.17) is 4.74 Å². The molecule has 0 saturated carbocycles. The van der Waals surface area contributed by atoms with Crippen molar-refractivity contribution in [3.63, 3.8) is 0 Å². The number of nitrogens with zero attached hydrogens (tertiary/aromatic N) is 6. The van der Waals surface area contributed by atoms with Gasteiger partial charge in [-0.15, -0.1) is 5.10 Å². The van der Waals surface area contributed by atoms with E-state index < -0.39 is 0 Å². The molecule has 0 aliphatic carbocycles. The van der Waals surface area contributed by atoms with Gasteiger partial charge in [0.05, 0.1) is 17.6 Å². The Morgan fingerprint density at radius 2 is 1.81 bits per heavy atom. The van der Waals surface area contributed by atoms with E-state index in [1.807, 2.05) is 60.8 Å². The van der Waals surface area contributed by atoms with Crippen LogP contribution in [0.1, 0.15) is 11.3 Å². The second-order valence-electron chi connectivity index (χ2n) is 5.83. The van der Waals surface area contributed by atoms with Crippen LogP contribution in [0.5, 0.6) is 5.75 Å². The Morgan fingerprint density at radius 3 is 2.58 bits per heavy atom. The van der Waals surface area contributed by atoms with Crippen molar-refractivity contribution in [3.05, 3.63) is 84.7 Å². The van der Waals surface area contributed by atoms with Crippen LogP contribution in [0, 0.1) is 0 Å². The highest BCUT2D eigenvalue weighted by Crippen LogP contribution is 2.16. The van der Waals surface area contributed by atoms with Crippen LogP contribution in [0.3, 0.4) is 0 Å². The minimum atomic E-state index is 0.552. The van der Waals surface area contributed by atoms with E-state index in [0.29, 0.717) is 6.61 Å². The van der Waals surface area contributed by atoms with Gasteiger partial charge in [-0.25, -0.2) is 9.67 Å². The number of hydrogen-bond donors (Lipinski definition) is 0. The second-order valence-corrected chi connectivity index (χ2v) is 5.83. The molecule has 0 aliphatic rings. The molecule has 2 heterocycles. The maximum atomic E-state index is 5.81. The van der Waals surface area contributed by atoms with Crippen LogP contribution >= 0.6 is 0 Å². The molecule has 0 saturated heterocycles. The van der Waals surface area contributed by atoms with Gasteiger partial charge in [0, 0.05) is 13.0 Å². The van der Waals surface area contributed by atoms with Crippen molar-refractivity contribution in [2.24, 2.45) is 0 Å². The van der Waals surface area contributed by atoms with Crippen molar-refractivity contribution in [1.29, 1.82) is 0 Å². The van der Waals surface area contributed by atoms with E-state index in [1.165, 1.54) is 6.33 Å². The molecule has 0 atom stereocenters. The quantitative estimate of drug-likeness (QED) is 0.514. The highest BCUT2D eigenvalue weighted by molar-refractivity contribution is 5.36. The molecule has 26 heavy (non-hydrogen) atoms. The lowest BCUT2D eigenvalue weighted by Crippen LogP contribution is -2.01. The average molecular weight is 346 g/mol. The molecule has 0 amide bonds. The summed E-state index contributed by atoms with van der Waals surface area (Å²) in [6.07, 6.45) is 5.90. The van der Waals surface area contributed by atoms with Crippen LogP contribution in [0.2, 0.25) is 0 Å². The smallest absolute Gasteiger partial charge is 0.137 e. The lowest BCUT2D eigenvalue weighted by Gasteiger charge is -2.07. The second kappa shape index (κ2) is 7.60. The fraction of sp³-hybridized carbons (Fsp3) is 0.158. The third-order valence-corrected chi connectivity index (χ3v) is 3.95. The van der Waals surface area contributed by atoms with Crippen molar-refractivity contribution in [2.45, 2.75) is 19.6 Å². The Morgan fingerprint density at radius 1 is 0.962 bits per heavy atom. The van der Waals surface area contributed by atoms with Gasteiger partial charge in [0.2, 0.25) is 0 Å². The molecule has 0 bridgehead atoms. The summed E-state index contributed by atoms with van der Waals surface area (Å²) in [4.78, 5) is 3.93. The fourth-order valence-electron chi connectivity index (χ4n) is 2.55. The Kier molecular flexibility index (Phi) is 4.68. The third-order valence-electron chi connectivity index (χ3n) is 3.95. The normalized spacial score (nSPS) is 10.8. The van der Waals surface area contributed by atoms with Crippen LogP contribution in [-0.4, -0.2) is 29.8 Å². The van der Waals surface area contributed by atoms with Gasteiger partial charge < -0.3 is 4.74 Å². The summed E-state index contributed by atoms with van der Waals surface area (Å²) in [5.41, 5.74) is 2.99. The molecule has 0 spiro atoms. The summed E-state index contributed by atoms with van der Waals surface area (Å²) in [5.74, 6) is 0.823. The van der Waals surface area contributed by atoms with Gasteiger partial charge in [-0.3, -0.25) is 4.68 Å². The first-order valence-electron chi connectivity index (χ1n) is 8.38. The molecule has 0 unspecified atom stereocenters. The molecule has 2 aromatic heterocycles. The number of ether oxygens (including phenoxy) is 1. The van der Waals surface area contributed by atoms with Crippen LogP contribution in [-0.2, 0) is 19.6 Å². The Hall–Kier alpha value is -3.48. The third kappa shape index (κ3) is 3.94. The Balaban J connectivity index is 1.36. The van der Waals surface area contributed by atoms with Crippen LogP contribution in [0.4, 0.5) is 0 Å². The number of hydrogen-bond acceptors (Lipinski definition) is 5. The zero-order valence-corrected chi connectivity index (χ0v) is 14.1. The zero-order chi connectivity index (χ0) is 17.6. The van der Waals surface area contributed by atoms with Crippen LogP contribution < -0.4 is 4.74 Å². The van der Waals surface area contributed by atoms with Crippen molar-refractivity contribution >= 4 is 0 Å². The monoisotopic (exact) mass is 346 g/mol. The molecule has 0 radical (unpaired) electrons. The summed E-state index contributed by atoms with van der Waals surface area (Å²) in [6, 6.07) is 17.9. The molecular formula is C19H18N6O. The molecule has 0 N–H and O–H groups in total. The lowest BCUT2D eigenvalue weighted by molar-refractivity contribution is 0.306. The van der Waals surface area contributed by atoms with Crippen LogP contribution in [0.15, 0.2) is 73.4 Å². The van der Waals surface area contributed by atoms with Gasteiger partial charge >= 0.3 is 0 Å². The zero-order valence-electron chi connectivity index (χ0n) is 14.1. The molecule has 4 rings (SSSR count). The number of rotatable bonds is 7. The van der Waals surface area contributed by atoms with E-state index in [2.05, 4.69) is 20.4 Å². The largest absolute Gasteiger partial charge is 0.489 e. The van der Waals surface area contributed by atoms with Gasteiger partial charge in [0.15, 0.2) is 0 Å². The molecule has 4 aromatic rings. The molecule has 0 aliphatic heterocycles. The Bertz CT molecular complexity index is 932. The highest BCUT2D eigenvalue weighted by atomic mass is 16.5. The topological polar surface area (TPSA) is 70.7 Å². The van der Waals surface area contributed by atoms with Crippen LogP contribution in [0.25, 0.3) is 5.69 Å².